The van der Waals surface area contributed by atoms with Gasteiger partial charge in [0.1, 0.15) is 4.21 Å². The van der Waals surface area contributed by atoms with E-state index < -0.39 is 15.6 Å². The summed E-state index contributed by atoms with van der Waals surface area (Å²) in [5, 5.41) is 10.7. The first-order valence-electron chi connectivity index (χ1n) is 7.31. The summed E-state index contributed by atoms with van der Waals surface area (Å²) in [5.74, 6) is 0.0614. The average Bonchev–Trinajstić information content (AvgIpc) is 2.78. The molecule has 4 nitrogen and oxygen atoms in total. The van der Waals surface area contributed by atoms with Gasteiger partial charge < -0.3 is 5.11 Å². The summed E-state index contributed by atoms with van der Waals surface area (Å²) in [6.45, 7) is 2.63. The summed E-state index contributed by atoms with van der Waals surface area (Å²) in [4.78, 5) is 0. The van der Waals surface area contributed by atoms with Crippen molar-refractivity contribution in [3.05, 3.63) is 16.0 Å². The molecule has 1 N–H and O–H groups in total. The van der Waals surface area contributed by atoms with Crippen LogP contribution in [0.4, 0.5) is 0 Å². The van der Waals surface area contributed by atoms with E-state index in [4.69, 9.17) is 11.6 Å². The molecule has 0 aromatic carbocycles. The number of fused-ring (bicyclic) bond motifs is 1. The first kappa shape index (κ1) is 15.7. The molecule has 0 bridgehead atoms. The predicted molar refractivity (Wildman–Crippen MR) is 84.3 cm³/mol. The molecule has 0 radical (unpaired) electrons. The van der Waals surface area contributed by atoms with Gasteiger partial charge in [0, 0.05) is 19.0 Å². The van der Waals surface area contributed by atoms with Crippen LogP contribution in [0.15, 0.2) is 10.3 Å². The zero-order valence-corrected chi connectivity index (χ0v) is 14.4. The Balaban J connectivity index is 1.84. The van der Waals surface area contributed by atoms with Crippen molar-refractivity contribution in [2.24, 2.45) is 5.92 Å². The molecule has 1 aromatic rings. The Labute approximate surface area is 134 Å². The molecule has 21 heavy (non-hydrogen) atoms. The molecule has 2 atom stereocenters. The number of nitrogens with zero attached hydrogens (tertiary/aromatic N) is 1. The Morgan fingerprint density at radius 2 is 2.19 bits per heavy atom. The van der Waals surface area contributed by atoms with Crippen molar-refractivity contribution in [3.63, 3.8) is 0 Å². The fourth-order valence-electron chi connectivity index (χ4n) is 3.44. The number of sulfonamides is 1. The predicted octanol–water partition coefficient (Wildman–Crippen LogP) is 3.03. The first-order valence-corrected chi connectivity index (χ1v) is 9.95. The Morgan fingerprint density at radius 3 is 2.86 bits per heavy atom. The number of hydrogen-bond donors (Lipinski definition) is 1. The van der Waals surface area contributed by atoms with E-state index in [1.54, 1.807) is 6.07 Å². The number of rotatable bonds is 2. The van der Waals surface area contributed by atoms with E-state index in [2.05, 4.69) is 0 Å². The molecule has 118 valence electrons. The van der Waals surface area contributed by atoms with E-state index in [1.165, 1.54) is 4.31 Å². The Bertz CT molecular complexity index is 623. The largest absolute Gasteiger partial charge is 0.390 e. The standard InChI is InChI=1S/C14H20ClNO3S2/c1-10-8-12(20-13(10)15)21(18,19)16-7-6-14(17)5-3-2-4-11(14)9-16/h8,11,17H,2-7,9H2,1H3. The molecule has 0 spiro atoms. The molecule has 1 aromatic heterocycles. The molecule has 2 aliphatic rings. The molecule has 1 saturated heterocycles. The third-order valence-corrected chi connectivity index (χ3v) is 8.69. The smallest absolute Gasteiger partial charge is 0.252 e. The van der Waals surface area contributed by atoms with E-state index in [-0.39, 0.29) is 5.92 Å². The molecule has 3 rings (SSSR count). The van der Waals surface area contributed by atoms with Gasteiger partial charge in [0.15, 0.2) is 0 Å². The summed E-state index contributed by atoms with van der Waals surface area (Å²) < 4.78 is 27.8. The number of piperidine rings is 1. The van der Waals surface area contributed by atoms with E-state index in [9.17, 15) is 13.5 Å². The lowest BCUT2D eigenvalue weighted by molar-refractivity contribution is -0.0816. The lowest BCUT2D eigenvalue weighted by atomic mass is 9.72. The van der Waals surface area contributed by atoms with Crippen molar-refractivity contribution in [1.29, 1.82) is 0 Å². The van der Waals surface area contributed by atoms with Gasteiger partial charge in [-0.25, -0.2) is 8.42 Å². The van der Waals surface area contributed by atoms with Gasteiger partial charge in [0.25, 0.3) is 10.0 Å². The van der Waals surface area contributed by atoms with Crippen LogP contribution in [-0.2, 0) is 10.0 Å². The Morgan fingerprint density at radius 1 is 1.43 bits per heavy atom. The fraction of sp³-hybridized carbons (Fsp3) is 0.714. The van der Waals surface area contributed by atoms with Crippen molar-refractivity contribution in [1.82, 2.24) is 4.31 Å². The van der Waals surface area contributed by atoms with Gasteiger partial charge in [-0.05, 0) is 37.8 Å². The van der Waals surface area contributed by atoms with Crippen molar-refractivity contribution in [3.8, 4) is 0 Å². The number of thiophene rings is 1. The van der Waals surface area contributed by atoms with Crippen LogP contribution < -0.4 is 0 Å². The van der Waals surface area contributed by atoms with Crippen LogP contribution >= 0.6 is 22.9 Å². The zero-order chi connectivity index (χ0) is 15.3. The Kier molecular flexibility index (Phi) is 4.12. The molecular weight excluding hydrogens is 330 g/mol. The minimum absolute atomic E-state index is 0.0614. The topological polar surface area (TPSA) is 57.6 Å². The summed E-state index contributed by atoms with van der Waals surface area (Å²) >= 11 is 7.12. The van der Waals surface area contributed by atoms with Crippen LogP contribution in [0.25, 0.3) is 0 Å². The van der Waals surface area contributed by atoms with E-state index in [0.717, 1.165) is 42.6 Å². The van der Waals surface area contributed by atoms with E-state index >= 15 is 0 Å². The lowest BCUT2D eigenvalue weighted by Gasteiger charge is -2.46. The molecule has 7 heteroatoms. The molecule has 0 amide bonds. The maximum Gasteiger partial charge on any atom is 0.252 e. The highest BCUT2D eigenvalue weighted by molar-refractivity contribution is 7.91. The molecule has 1 aliphatic heterocycles. The van der Waals surface area contributed by atoms with Crippen molar-refractivity contribution in [2.75, 3.05) is 13.1 Å². The van der Waals surface area contributed by atoms with E-state index in [0.29, 0.717) is 28.1 Å². The second-order valence-corrected chi connectivity index (χ2v) is 10.0. The second kappa shape index (κ2) is 5.49. The summed E-state index contributed by atoms with van der Waals surface area (Å²) in [6, 6.07) is 1.64. The molecule has 1 aliphatic carbocycles. The molecule has 1 saturated carbocycles. The molecule has 2 fully saturated rings. The first-order chi connectivity index (χ1) is 9.83. The highest BCUT2D eigenvalue weighted by Crippen LogP contribution is 2.42. The van der Waals surface area contributed by atoms with Crippen molar-refractivity contribution in [2.45, 2.75) is 48.8 Å². The second-order valence-electron chi connectivity index (χ2n) is 6.18. The van der Waals surface area contributed by atoms with Crippen LogP contribution in [0.1, 0.15) is 37.7 Å². The normalized spacial score (nSPS) is 31.1. The number of halogens is 1. The molecule has 2 heterocycles. The number of hydrogen-bond acceptors (Lipinski definition) is 4. The monoisotopic (exact) mass is 349 g/mol. The number of aryl methyl sites for hydroxylation is 1. The van der Waals surface area contributed by atoms with Crippen molar-refractivity contribution >= 4 is 33.0 Å². The van der Waals surface area contributed by atoms with Crippen molar-refractivity contribution < 1.29 is 13.5 Å². The lowest BCUT2D eigenvalue weighted by Crippen LogP contribution is -2.54. The highest BCUT2D eigenvalue weighted by atomic mass is 35.5. The third kappa shape index (κ3) is 2.77. The molecular formula is C14H20ClNO3S2. The summed E-state index contributed by atoms with van der Waals surface area (Å²) in [7, 11) is -3.48. The van der Waals surface area contributed by atoms with Gasteiger partial charge >= 0.3 is 0 Å². The van der Waals surface area contributed by atoms with Crippen LogP contribution in [-0.4, -0.2) is 36.5 Å². The van der Waals surface area contributed by atoms with Gasteiger partial charge in [0.05, 0.1) is 9.94 Å². The minimum Gasteiger partial charge on any atom is -0.390 e. The summed E-state index contributed by atoms with van der Waals surface area (Å²) in [6.07, 6.45) is 4.36. The van der Waals surface area contributed by atoms with Crippen LogP contribution in [0, 0.1) is 12.8 Å². The maximum atomic E-state index is 12.7. The van der Waals surface area contributed by atoms with Gasteiger partial charge in [0.2, 0.25) is 0 Å². The van der Waals surface area contributed by atoms with Crippen LogP contribution in [0.2, 0.25) is 4.34 Å². The van der Waals surface area contributed by atoms with E-state index in [1.807, 2.05) is 6.92 Å². The van der Waals surface area contributed by atoms with Gasteiger partial charge in [-0.1, -0.05) is 24.4 Å². The van der Waals surface area contributed by atoms with Crippen LogP contribution in [0.3, 0.4) is 0 Å². The third-order valence-electron chi connectivity index (χ3n) is 4.82. The number of aliphatic hydroxyl groups is 1. The van der Waals surface area contributed by atoms with Gasteiger partial charge in [-0.2, -0.15) is 4.31 Å². The SMILES string of the molecule is Cc1cc(S(=O)(=O)N2CCC3(O)CCCCC3C2)sc1Cl. The highest BCUT2D eigenvalue weighted by Gasteiger charge is 2.45. The summed E-state index contributed by atoms with van der Waals surface area (Å²) in [5.41, 5.74) is 0.138. The quantitative estimate of drug-likeness (QED) is 0.892. The zero-order valence-electron chi connectivity index (χ0n) is 12.0. The maximum absolute atomic E-state index is 12.7. The van der Waals surface area contributed by atoms with Gasteiger partial charge in [-0.15, -0.1) is 11.3 Å². The molecule has 2 unspecified atom stereocenters. The Hall–Kier alpha value is -0.140. The fourth-order valence-corrected chi connectivity index (χ4v) is 6.79. The van der Waals surface area contributed by atoms with Crippen LogP contribution in [0.5, 0.6) is 0 Å². The average molecular weight is 350 g/mol. The van der Waals surface area contributed by atoms with Gasteiger partial charge in [-0.3, -0.25) is 0 Å². The minimum atomic E-state index is -3.48.